The molecular weight excluding hydrogens is 889 g/mol. The Morgan fingerprint density at radius 1 is 0.899 bits per heavy atom. The number of hydrogen-bond acceptors (Lipinski definition) is 12. The summed E-state index contributed by atoms with van der Waals surface area (Å²) in [7, 11) is 2.84. The van der Waals surface area contributed by atoms with Gasteiger partial charge in [-0.05, 0) is 76.9 Å². The molecule has 1 aliphatic rings. The molecule has 69 heavy (non-hydrogen) atoms. The molecular formula is C51H80N6O12. The summed E-state index contributed by atoms with van der Waals surface area (Å²) in [5.41, 5.74) is 1.42. The van der Waals surface area contributed by atoms with E-state index in [0.717, 1.165) is 23.3 Å². The van der Waals surface area contributed by atoms with Crippen LogP contribution in [0.2, 0.25) is 0 Å². The van der Waals surface area contributed by atoms with Crippen molar-refractivity contribution in [2.45, 2.75) is 163 Å². The zero-order valence-corrected chi connectivity index (χ0v) is 42.9. The summed E-state index contributed by atoms with van der Waals surface area (Å²) in [4.78, 5) is 113. The molecule has 1 aliphatic heterocycles. The molecule has 0 aliphatic carbocycles. The fourth-order valence-corrected chi connectivity index (χ4v) is 7.65. The number of carbonyl (C=O) groups excluding carboxylic acids is 8. The zero-order chi connectivity index (χ0) is 52.0. The second-order valence-corrected chi connectivity index (χ2v) is 18.6. The zero-order valence-electron chi connectivity index (χ0n) is 42.9. The minimum atomic E-state index is -1.32. The highest BCUT2D eigenvalue weighted by Gasteiger charge is 2.37. The third-order valence-electron chi connectivity index (χ3n) is 12.4. The van der Waals surface area contributed by atoms with Crippen LogP contribution in [-0.2, 0) is 54.2 Å². The molecule has 0 fully saturated rings. The van der Waals surface area contributed by atoms with Crippen LogP contribution in [0.5, 0.6) is 0 Å². The van der Waals surface area contributed by atoms with Crippen molar-refractivity contribution in [3.8, 4) is 0 Å². The number of esters is 2. The van der Waals surface area contributed by atoms with Crippen molar-refractivity contribution in [1.29, 1.82) is 0 Å². The second-order valence-electron chi connectivity index (χ2n) is 18.6. The summed E-state index contributed by atoms with van der Waals surface area (Å²) in [6, 6.07) is 4.34. The molecule has 0 saturated heterocycles. The van der Waals surface area contributed by atoms with Gasteiger partial charge < -0.3 is 50.4 Å². The maximum atomic E-state index is 14.2. The van der Waals surface area contributed by atoms with Gasteiger partial charge in [-0.3, -0.25) is 24.0 Å². The van der Waals surface area contributed by atoms with Crippen LogP contribution < -0.4 is 21.3 Å². The molecule has 0 unspecified atom stereocenters. The number of hydrogen-bond donors (Lipinski definition) is 5. The largest absolute Gasteiger partial charge is 0.456 e. The summed E-state index contributed by atoms with van der Waals surface area (Å²) in [6.07, 6.45) is 2.68. The molecule has 0 spiro atoms. The highest BCUT2D eigenvalue weighted by atomic mass is 16.6. The Hall–Kier alpha value is -5.78. The quantitative estimate of drug-likeness (QED) is 0.0749. The average Bonchev–Trinajstić information content (AvgIpc) is 3.31. The monoisotopic (exact) mass is 969 g/mol. The van der Waals surface area contributed by atoms with Crippen LogP contribution in [0.25, 0.3) is 0 Å². The fraction of sp³-hybridized carbons (Fsp3) is 0.647. The van der Waals surface area contributed by atoms with Gasteiger partial charge in [0.2, 0.25) is 23.6 Å². The Morgan fingerprint density at radius 3 is 2.14 bits per heavy atom. The van der Waals surface area contributed by atoms with E-state index in [0.29, 0.717) is 31.4 Å². The molecule has 1 aromatic carbocycles. The van der Waals surface area contributed by atoms with Crippen molar-refractivity contribution in [1.82, 2.24) is 31.1 Å². The SMILES string of the molecule is C/C=C(\C)[C@H]1OC(=O)[C@@H](C)NC(=O)[C@H]([C@H](C)CC)NC(=O)CN(C)C(=O)[C@@H](Cc2ccccc2)N(C)C(=O)[C@H](C)NC(=O)[C@@H](CC(C)C)OC(=O)/C(C)=C/C[C@H](OC(=O)NCCCCCCO)[C@@H]1C. The standard InChI is InChI=1S/C51H80N6O12/c1-13-32(5)43-46(61)54-37(10)50(65)69-44(33(6)14-2)35(8)40(68-51(66)52-26-20-15-16-21-27-58)25-24-34(7)49(64)67-41(28-31(3)4)45(60)53-36(9)47(62)57(12)39(29-38-22-18-17-19-23-38)48(63)56(11)30-42(59)55-43/h14,17-19,22-24,31-32,35-37,39-41,43-44,58H,13,15-16,20-21,25-30H2,1-12H3,(H,52,66)(H,53,60)(H,54,61)(H,55,59)/b33-14+,34-24+/t32-,35+,36+,37-,39-,40+,41-,43+,44-/m1/s1. The van der Waals surface area contributed by atoms with Crippen molar-refractivity contribution in [3.05, 3.63) is 59.2 Å². The van der Waals surface area contributed by atoms with E-state index < -0.39 is 108 Å². The van der Waals surface area contributed by atoms with E-state index in [1.165, 1.54) is 45.8 Å². The maximum Gasteiger partial charge on any atom is 0.407 e. The third-order valence-corrected chi connectivity index (χ3v) is 12.4. The Morgan fingerprint density at radius 2 is 1.54 bits per heavy atom. The first kappa shape index (κ1) is 59.3. The lowest BCUT2D eigenvalue weighted by atomic mass is 9.90. The first-order valence-electron chi connectivity index (χ1n) is 24.3. The van der Waals surface area contributed by atoms with Crippen LogP contribution >= 0.6 is 0 Å². The van der Waals surface area contributed by atoms with E-state index in [2.05, 4.69) is 21.3 Å². The smallest absolute Gasteiger partial charge is 0.407 e. The molecule has 0 bridgehead atoms. The lowest BCUT2D eigenvalue weighted by Crippen LogP contribution is -2.57. The van der Waals surface area contributed by atoms with Gasteiger partial charge >= 0.3 is 18.0 Å². The van der Waals surface area contributed by atoms with Crippen LogP contribution in [0.4, 0.5) is 4.79 Å². The minimum Gasteiger partial charge on any atom is -0.456 e. The first-order chi connectivity index (χ1) is 32.6. The number of likely N-dealkylation sites (N-methyl/N-ethyl adjacent to an activating group) is 2. The number of allylic oxidation sites excluding steroid dienone is 1. The summed E-state index contributed by atoms with van der Waals surface area (Å²) < 4.78 is 17.8. The van der Waals surface area contributed by atoms with Gasteiger partial charge in [-0.25, -0.2) is 14.4 Å². The Kier molecular flexibility index (Phi) is 25.8. The van der Waals surface area contributed by atoms with Gasteiger partial charge in [0.1, 0.15) is 36.4 Å². The van der Waals surface area contributed by atoms with Gasteiger partial charge in [-0.15, -0.1) is 0 Å². The number of carbonyl (C=O) groups is 8. The average molecular weight is 969 g/mol. The summed E-state index contributed by atoms with van der Waals surface area (Å²) in [5.74, 6) is -6.17. The van der Waals surface area contributed by atoms with Gasteiger partial charge in [-0.2, -0.15) is 0 Å². The summed E-state index contributed by atoms with van der Waals surface area (Å²) in [5, 5.41) is 19.9. The number of amides is 6. The van der Waals surface area contributed by atoms with E-state index in [4.69, 9.17) is 19.3 Å². The molecule has 1 heterocycles. The molecule has 18 heteroatoms. The number of ether oxygens (including phenoxy) is 3. The molecule has 6 amide bonds. The second kappa shape index (κ2) is 30.0. The normalized spacial score (nSPS) is 26.2. The van der Waals surface area contributed by atoms with Gasteiger partial charge in [0.15, 0.2) is 6.10 Å². The van der Waals surface area contributed by atoms with E-state index >= 15 is 0 Å². The number of unbranched alkanes of at least 4 members (excludes halogenated alkanes) is 3. The summed E-state index contributed by atoms with van der Waals surface area (Å²) in [6.45, 7) is 16.8. The van der Waals surface area contributed by atoms with Crippen LogP contribution in [0.3, 0.4) is 0 Å². The Balaban J connectivity index is 2.69. The highest BCUT2D eigenvalue weighted by molar-refractivity contribution is 5.96. The number of cyclic esters (lactones) is 2. The first-order valence-corrected chi connectivity index (χ1v) is 24.3. The molecule has 18 nitrogen and oxygen atoms in total. The molecule has 2 rings (SSSR count). The molecule has 5 N–H and O–H groups in total. The van der Waals surface area contributed by atoms with E-state index in [9.17, 15) is 38.4 Å². The topological polar surface area (TPSA) is 239 Å². The fourth-order valence-electron chi connectivity index (χ4n) is 7.65. The Labute approximate surface area is 409 Å². The number of alkyl carbamates (subject to hydrolysis) is 1. The van der Waals surface area contributed by atoms with Crippen molar-refractivity contribution in [3.63, 3.8) is 0 Å². The lowest BCUT2D eigenvalue weighted by molar-refractivity contribution is -0.155. The van der Waals surface area contributed by atoms with E-state index in [-0.39, 0.29) is 37.4 Å². The Bertz CT molecular complexity index is 1940. The van der Waals surface area contributed by atoms with Crippen molar-refractivity contribution in [2.75, 3.05) is 33.8 Å². The molecule has 0 saturated carbocycles. The van der Waals surface area contributed by atoms with Crippen molar-refractivity contribution in [2.24, 2.45) is 17.8 Å². The molecule has 0 aromatic heterocycles. The number of nitrogens with zero attached hydrogens (tertiary/aromatic N) is 2. The third kappa shape index (κ3) is 19.6. The van der Waals surface area contributed by atoms with Gasteiger partial charge in [0, 0.05) is 51.6 Å². The van der Waals surface area contributed by atoms with Crippen molar-refractivity contribution < 1.29 is 57.7 Å². The molecule has 9 atom stereocenters. The van der Waals surface area contributed by atoms with Gasteiger partial charge in [0.25, 0.3) is 5.91 Å². The number of aliphatic hydroxyl groups is 1. The predicted octanol–water partition coefficient (Wildman–Crippen LogP) is 4.52. The van der Waals surface area contributed by atoms with Crippen LogP contribution in [0.15, 0.2) is 53.6 Å². The molecule has 1 aromatic rings. The van der Waals surface area contributed by atoms with Crippen LogP contribution in [0.1, 0.15) is 120 Å². The van der Waals surface area contributed by atoms with Crippen molar-refractivity contribution >= 4 is 47.6 Å². The number of nitrogens with one attached hydrogen (secondary N) is 4. The van der Waals surface area contributed by atoms with E-state index in [1.807, 2.05) is 26.8 Å². The highest BCUT2D eigenvalue weighted by Crippen LogP contribution is 2.26. The lowest BCUT2D eigenvalue weighted by Gasteiger charge is -2.33. The predicted molar refractivity (Wildman–Crippen MR) is 261 cm³/mol. The number of rotatable bonds is 14. The van der Waals surface area contributed by atoms with Crippen LogP contribution in [-0.4, -0.2) is 139 Å². The van der Waals surface area contributed by atoms with Gasteiger partial charge in [0.05, 0.1) is 6.54 Å². The maximum absolute atomic E-state index is 14.2. The number of aliphatic hydroxyl groups excluding tert-OH is 1. The van der Waals surface area contributed by atoms with Crippen LogP contribution in [0, 0.1) is 17.8 Å². The van der Waals surface area contributed by atoms with Gasteiger partial charge in [-0.1, -0.05) is 96.4 Å². The minimum absolute atomic E-state index is 0.0450. The van der Waals surface area contributed by atoms with E-state index in [1.54, 1.807) is 58.0 Å². The molecule has 0 radical (unpaired) electrons. The molecule has 386 valence electrons. The number of benzene rings is 1. The summed E-state index contributed by atoms with van der Waals surface area (Å²) >= 11 is 0.